The van der Waals surface area contributed by atoms with Crippen molar-refractivity contribution in [2.45, 2.75) is 37.6 Å². The smallest absolute Gasteiger partial charge is 0.261 e. The summed E-state index contributed by atoms with van der Waals surface area (Å²) >= 11 is 0. The van der Waals surface area contributed by atoms with Gasteiger partial charge in [-0.05, 0) is 33.5 Å². The molecule has 0 spiro atoms. The molecule has 0 saturated heterocycles. The average molecular weight is 453 g/mol. The van der Waals surface area contributed by atoms with E-state index in [1.165, 1.54) is 10.4 Å². The Balaban J connectivity index is 1.93. The Kier molecular flexibility index (Phi) is 7.19. The highest BCUT2D eigenvalue weighted by Crippen LogP contribution is 2.37. The van der Waals surface area contributed by atoms with E-state index in [2.05, 4.69) is 69.3 Å². The van der Waals surface area contributed by atoms with E-state index in [1.54, 1.807) is 24.3 Å². The van der Waals surface area contributed by atoms with E-state index in [0.717, 1.165) is 0 Å². The predicted molar refractivity (Wildman–Crippen MR) is 131 cm³/mol. The summed E-state index contributed by atoms with van der Waals surface area (Å²) < 4.78 is 32.6. The van der Waals surface area contributed by atoms with E-state index >= 15 is 0 Å². The fraction of sp³-hybridized carbons (Fsp3) is 0.308. The van der Waals surface area contributed by atoms with E-state index in [9.17, 15) is 8.42 Å². The van der Waals surface area contributed by atoms with Crippen LogP contribution in [0.1, 0.15) is 27.7 Å². The van der Waals surface area contributed by atoms with E-state index in [1.807, 2.05) is 25.1 Å². The quantitative estimate of drug-likeness (QED) is 0.466. The zero-order valence-electron chi connectivity index (χ0n) is 18.8. The molecule has 3 aromatic carbocycles. The van der Waals surface area contributed by atoms with Crippen LogP contribution in [-0.2, 0) is 14.3 Å². The Morgan fingerprint density at radius 3 is 1.61 bits per heavy atom. The SMILES string of the molecule is C[C@H](CO[Si](c1ccccc1)(c1ccccc1)C(C)(C)C)CS(=O)(=O)c1ccccc1. The second kappa shape index (κ2) is 9.51. The molecule has 0 fully saturated rings. The van der Waals surface area contributed by atoms with Crippen LogP contribution in [0.4, 0.5) is 0 Å². The molecular weight excluding hydrogens is 420 g/mol. The summed E-state index contributed by atoms with van der Waals surface area (Å²) in [4.78, 5) is 0.368. The summed E-state index contributed by atoms with van der Waals surface area (Å²) in [7, 11) is -6.02. The summed E-state index contributed by atoms with van der Waals surface area (Å²) in [6, 6.07) is 29.5. The molecule has 3 aromatic rings. The van der Waals surface area contributed by atoms with Gasteiger partial charge in [0, 0.05) is 6.61 Å². The lowest BCUT2D eigenvalue weighted by Crippen LogP contribution is -2.67. The van der Waals surface area contributed by atoms with Gasteiger partial charge in [-0.1, -0.05) is 107 Å². The van der Waals surface area contributed by atoms with E-state index < -0.39 is 18.2 Å². The van der Waals surface area contributed by atoms with Crippen molar-refractivity contribution in [2.24, 2.45) is 5.92 Å². The van der Waals surface area contributed by atoms with Gasteiger partial charge in [0.15, 0.2) is 9.84 Å². The minimum Gasteiger partial charge on any atom is -0.407 e. The second-order valence-electron chi connectivity index (χ2n) is 9.17. The van der Waals surface area contributed by atoms with Crippen molar-refractivity contribution >= 4 is 28.5 Å². The molecule has 0 amide bonds. The zero-order valence-corrected chi connectivity index (χ0v) is 20.6. The first kappa shape index (κ1) is 23.5. The summed E-state index contributed by atoms with van der Waals surface area (Å²) in [6.07, 6.45) is 0. The van der Waals surface area contributed by atoms with Gasteiger partial charge in [-0.15, -0.1) is 0 Å². The van der Waals surface area contributed by atoms with Crippen LogP contribution in [0, 0.1) is 5.92 Å². The average Bonchev–Trinajstić information content (AvgIpc) is 2.75. The Hall–Kier alpha value is -2.21. The fourth-order valence-corrected chi connectivity index (χ4v) is 10.5. The van der Waals surface area contributed by atoms with Crippen molar-refractivity contribution in [3.63, 3.8) is 0 Å². The third kappa shape index (κ3) is 5.17. The Bertz CT molecular complexity index is 1020. The van der Waals surface area contributed by atoms with Gasteiger partial charge < -0.3 is 4.43 Å². The topological polar surface area (TPSA) is 43.4 Å². The number of hydrogen-bond acceptors (Lipinski definition) is 3. The highest BCUT2D eigenvalue weighted by molar-refractivity contribution is 7.91. The van der Waals surface area contributed by atoms with Gasteiger partial charge in [0.05, 0.1) is 10.6 Å². The lowest BCUT2D eigenvalue weighted by molar-refractivity contribution is 0.256. The van der Waals surface area contributed by atoms with Crippen molar-refractivity contribution < 1.29 is 12.8 Å². The van der Waals surface area contributed by atoms with Gasteiger partial charge in [-0.3, -0.25) is 0 Å². The monoisotopic (exact) mass is 452 g/mol. The van der Waals surface area contributed by atoms with Gasteiger partial charge in [-0.2, -0.15) is 0 Å². The Labute approximate surface area is 188 Å². The second-order valence-corrected chi connectivity index (χ2v) is 15.5. The lowest BCUT2D eigenvalue weighted by Gasteiger charge is -2.43. The highest BCUT2D eigenvalue weighted by atomic mass is 32.2. The number of sulfone groups is 1. The van der Waals surface area contributed by atoms with Crippen LogP contribution in [0.25, 0.3) is 0 Å². The van der Waals surface area contributed by atoms with Crippen LogP contribution >= 0.6 is 0 Å². The van der Waals surface area contributed by atoms with Crippen LogP contribution in [-0.4, -0.2) is 29.1 Å². The molecule has 0 bridgehead atoms. The maximum Gasteiger partial charge on any atom is 0.261 e. The van der Waals surface area contributed by atoms with Crippen LogP contribution in [0.3, 0.4) is 0 Å². The Morgan fingerprint density at radius 2 is 1.19 bits per heavy atom. The van der Waals surface area contributed by atoms with Crippen LogP contribution < -0.4 is 10.4 Å². The van der Waals surface area contributed by atoms with Gasteiger partial charge in [0.1, 0.15) is 0 Å². The lowest BCUT2D eigenvalue weighted by atomic mass is 10.2. The van der Waals surface area contributed by atoms with Gasteiger partial charge in [0.2, 0.25) is 0 Å². The molecule has 0 radical (unpaired) electrons. The summed E-state index contributed by atoms with van der Waals surface area (Å²) in [5.41, 5.74) is 0. The molecule has 0 aliphatic rings. The molecular formula is C26H32O3SSi. The first-order valence-electron chi connectivity index (χ1n) is 10.7. The fourth-order valence-electron chi connectivity index (χ4n) is 4.18. The maximum absolute atomic E-state index is 12.9. The normalized spacial score (nSPS) is 13.7. The first-order chi connectivity index (χ1) is 14.7. The van der Waals surface area contributed by atoms with E-state index in [0.29, 0.717) is 11.5 Å². The molecule has 1 atom stereocenters. The van der Waals surface area contributed by atoms with Gasteiger partial charge in [-0.25, -0.2) is 8.42 Å². The minimum absolute atomic E-state index is 0.0647. The van der Waals surface area contributed by atoms with E-state index in [4.69, 9.17) is 4.43 Å². The Morgan fingerprint density at radius 1 is 0.774 bits per heavy atom. The van der Waals surface area contributed by atoms with Crippen molar-refractivity contribution in [3.05, 3.63) is 91.0 Å². The molecule has 0 heterocycles. The van der Waals surface area contributed by atoms with Crippen LogP contribution in [0.5, 0.6) is 0 Å². The van der Waals surface area contributed by atoms with Gasteiger partial charge in [0.25, 0.3) is 8.32 Å². The summed E-state index contributed by atoms with van der Waals surface area (Å²) in [5, 5.41) is 2.27. The largest absolute Gasteiger partial charge is 0.407 e. The summed E-state index contributed by atoms with van der Waals surface area (Å²) in [6.45, 7) is 9.03. The third-order valence-corrected chi connectivity index (χ3v) is 12.6. The number of hydrogen-bond donors (Lipinski definition) is 0. The maximum atomic E-state index is 12.9. The van der Waals surface area contributed by atoms with Crippen LogP contribution in [0.2, 0.25) is 5.04 Å². The minimum atomic E-state index is -3.36. The standard InChI is InChI=1S/C26H32O3SSi/c1-22(21-30(27,28)23-14-8-5-9-15-23)20-29-31(26(2,3)4,24-16-10-6-11-17-24)25-18-12-7-13-19-25/h5-19,22H,20-21H2,1-4H3/t22-/m1/s1. The number of rotatable bonds is 8. The molecule has 31 heavy (non-hydrogen) atoms. The zero-order chi connectivity index (χ0) is 22.5. The predicted octanol–water partition coefficient (Wildman–Crippen LogP) is 4.67. The molecule has 0 aliphatic carbocycles. The van der Waals surface area contributed by atoms with Crippen molar-refractivity contribution in [1.29, 1.82) is 0 Å². The van der Waals surface area contributed by atoms with Gasteiger partial charge >= 0.3 is 0 Å². The van der Waals surface area contributed by atoms with Crippen molar-refractivity contribution in [2.75, 3.05) is 12.4 Å². The molecule has 3 rings (SSSR count). The molecule has 3 nitrogen and oxygen atoms in total. The highest BCUT2D eigenvalue weighted by Gasteiger charge is 2.50. The van der Waals surface area contributed by atoms with Crippen LogP contribution in [0.15, 0.2) is 95.9 Å². The summed E-state index contributed by atoms with van der Waals surface area (Å²) in [5.74, 6) is -0.0678. The van der Waals surface area contributed by atoms with Crippen molar-refractivity contribution in [3.8, 4) is 0 Å². The molecule has 0 unspecified atom stereocenters. The first-order valence-corrected chi connectivity index (χ1v) is 14.3. The molecule has 0 saturated carbocycles. The molecule has 164 valence electrons. The molecule has 0 N–H and O–H groups in total. The number of benzene rings is 3. The van der Waals surface area contributed by atoms with Crippen molar-refractivity contribution in [1.82, 2.24) is 0 Å². The van der Waals surface area contributed by atoms with E-state index in [-0.39, 0.29) is 16.7 Å². The molecule has 5 heteroatoms. The third-order valence-electron chi connectivity index (χ3n) is 5.61. The molecule has 0 aliphatic heterocycles. The molecule has 0 aromatic heterocycles.